The standard InChI is InChI=1S/C28H27ClN2O5/c1-35-24-11-3-2-6-18(24)31-25(34)15-36-23-13-12-16(29)14-17(23)26-27-19(7-4-9-21(27)32)30-20-8-5-10-22(33)28(20)26/h2-3,6,11-14,26,30H,4-5,7-10,15H2,1H3,(H,31,34). The number of carbonyl (C=O) groups excluding carboxylic acids is 3. The summed E-state index contributed by atoms with van der Waals surface area (Å²) in [6.45, 7) is -0.267. The summed E-state index contributed by atoms with van der Waals surface area (Å²) in [5.41, 5.74) is 4.14. The molecular weight excluding hydrogens is 480 g/mol. The van der Waals surface area contributed by atoms with Gasteiger partial charge in [0, 0.05) is 51.9 Å². The number of hydrogen-bond acceptors (Lipinski definition) is 6. The molecule has 8 heteroatoms. The molecule has 2 aliphatic carbocycles. The van der Waals surface area contributed by atoms with E-state index in [9.17, 15) is 14.4 Å². The van der Waals surface area contributed by atoms with Gasteiger partial charge in [-0.3, -0.25) is 14.4 Å². The minimum atomic E-state index is -0.567. The van der Waals surface area contributed by atoms with E-state index >= 15 is 0 Å². The number of ether oxygens (including phenoxy) is 2. The van der Waals surface area contributed by atoms with Gasteiger partial charge in [-0.05, 0) is 56.0 Å². The van der Waals surface area contributed by atoms with Crippen molar-refractivity contribution in [3.05, 3.63) is 75.6 Å². The normalized spacial score (nSPS) is 17.8. The first-order valence-electron chi connectivity index (χ1n) is 12.1. The zero-order valence-electron chi connectivity index (χ0n) is 20.0. The molecule has 3 aliphatic rings. The van der Waals surface area contributed by atoms with Crippen molar-refractivity contribution in [2.75, 3.05) is 19.0 Å². The number of rotatable bonds is 6. The van der Waals surface area contributed by atoms with Crippen LogP contribution in [0.1, 0.15) is 50.0 Å². The van der Waals surface area contributed by atoms with Gasteiger partial charge in [0.2, 0.25) is 0 Å². The minimum Gasteiger partial charge on any atom is -0.495 e. The summed E-state index contributed by atoms with van der Waals surface area (Å²) in [4.78, 5) is 39.0. The Morgan fingerprint density at radius 3 is 2.31 bits per heavy atom. The van der Waals surface area contributed by atoms with Crippen LogP contribution in [0.15, 0.2) is 65.0 Å². The molecule has 0 saturated carbocycles. The van der Waals surface area contributed by atoms with Gasteiger partial charge in [-0.1, -0.05) is 23.7 Å². The van der Waals surface area contributed by atoms with E-state index in [0.29, 0.717) is 51.8 Å². The van der Waals surface area contributed by atoms with Gasteiger partial charge in [0.25, 0.3) is 5.91 Å². The van der Waals surface area contributed by atoms with Crippen molar-refractivity contribution in [1.82, 2.24) is 5.32 Å². The number of Topliss-reactive ketones (excluding diaryl/α,β-unsaturated/α-hetero) is 2. The number of dihydropyridines is 1. The van der Waals surface area contributed by atoms with Crippen LogP contribution in [-0.4, -0.2) is 31.2 Å². The van der Waals surface area contributed by atoms with Crippen molar-refractivity contribution in [2.45, 2.75) is 44.4 Å². The molecule has 7 nitrogen and oxygen atoms in total. The molecule has 2 N–H and O–H groups in total. The molecule has 1 amide bonds. The lowest BCUT2D eigenvalue weighted by atomic mass is 9.71. The lowest BCUT2D eigenvalue weighted by Gasteiger charge is -2.37. The third-order valence-corrected chi connectivity index (χ3v) is 7.05. The number of allylic oxidation sites excluding steroid dienone is 4. The Labute approximate surface area is 214 Å². The van der Waals surface area contributed by atoms with Crippen LogP contribution in [0.25, 0.3) is 0 Å². The molecule has 0 saturated heterocycles. The monoisotopic (exact) mass is 506 g/mol. The second-order valence-corrected chi connectivity index (χ2v) is 9.55. The Balaban J connectivity index is 1.48. The number of para-hydroxylation sites is 2. The number of amides is 1. The molecule has 36 heavy (non-hydrogen) atoms. The fourth-order valence-electron chi connectivity index (χ4n) is 5.25. The zero-order valence-corrected chi connectivity index (χ0v) is 20.7. The van der Waals surface area contributed by atoms with Crippen LogP contribution in [0.2, 0.25) is 5.02 Å². The van der Waals surface area contributed by atoms with Crippen molar-refractivity contribution >= 4 is 34.8 Å². The number of anilines is 1. The summed E-state index contributed by atoms with van der Waals surface area (Å²) >= 11 is 6.40. The number of hydrogen-bond donors (Lipinski definition) is 2. The van der Waals surface area contributed by atoms with Crippen LogP contribution >= 0.6 is 11.6 Å². The number of halogens is 1. The van der Waals surface area contributed by atoms with Gasteiger partial charge in [0.1, 0.15) is 11.5 Å². The molecule has 1 aliphatic heterocycles. The number of ketones is 2. The maximum atomic E-state index is 13.1. The van der Waals surface area contributed by atoms with Crippen LogP contribution in [0.3, 0.4) is 0 Å². The fourth-order valence-corrected chi connectivity index (χ4v) is 5.43. The average Bonchev–Trinajstić information content (AvgIpc) is 2.87. The Morgan fingerprint density at radius 2 is 1.64 bits per heavy atom. The first-order chi connectivity index (χ1) is 17.5. The molecule has 5 rings (SSSR count). The summed E-state index contributed by atoms with van der Waals surface area (Å²) in [5, 5.41) is 6.67. The maximum absolute atomic E-state index is 13.1. The number of carbonyl (C=O) groups is 3. The van der Waals surface area contributed by atoms with Crippen LogP contribution in [-0.2, 0) is 14.4 Å². The molecule has 0 unspecified atom stereocenters. The van der Waals surface area contributed by atoms with E-state index < -0.39 is 5.92 Å². The number of methoxy groups -OCH3 is 1. The van der Waals surface area contributed by atoms with Crippen LogP contribution in [0.4, 0.5) is 5.69 Å². The summed E-state index contributed by atoms with van der Waals surface area (Å²) in [5.74, 6) is 0.0723. The molecule has 2 aromatic rings. The van der Waals surface area contributed by atoms with Crippen molar-refractivity contribution in [3.63, 3.8) is 0 Å². The van der Waals surface area contributed by atoms with Gasteiger partial charge in [0.05, 0.1) is 12.8 Å². The van der Waals surface area contributed by atoms with Gasteiger partial charge in [-0.2, -0.15) is 0 Å². The molecule has 0 spiro atoms. The van der Waals surface area contributed by atoms with Gasteiger partial charge in [0.15, 0.2) is 18.2 Å². The Hall–Kier alpha value is -3.58. The van der Waals surface area contributed by atoms with E-state index in [-0.39, 0.29) is 24.1 Å². The summed E-state index contributed by atoms with van der Waals surface area (Å²) in [6.07, 6.45) is 3.92. The highest BCUT2D eigenvalue weighted by molar-refractivity contribution is 6.30. The summed E-state index contributed by atoms with van der Waals surface area (Å²) in [6, 6.07) is 12.2. The van der Waals surface area contributed by atoms with Crippen LogP contribution in [0, 0.1) is 0 Å². The maximum Gasteiger partial charge on any atom is 0.262 e. The molecule has 0 bridgehead atoms. The quantitative estimate of drug-likeness (QED) is 0.568. The third-order valence-electron chi connectivity index (χ3n) is 6.81. The summed E-state index contributed by atoms with van der Waals surface area (Å²) in [7, 11) is 1.53. The second-order valence-electron chi connectivity index (χ2n) is 9.12. The van der Waals surface area contributed by atoms with Crippen LogP contribution < -0.4 is 20.1 Å². The average molecular weight is 507 g/mol. The topological polar surface area (TPSA) is 93.7 Å². The first-order valence-corrected chi connectivity index (χ1v) is 12.5. The van der Waals surface area contributed by atoms with E-state index in [1.165, 1.54) is 7.11 Å². The number of nitrogens with one attached hydrogen (secondary N) is 2. The van der Waals surface area contributed by atoms with Crippen molar-refractivity contribution < 1.29 is 23.9 Å². The third kappa shape index (κ3) is 4.63. The smallest absolute Gasteiger partial charge is 0.262 e. The second kappa shape index (κ2) is 10.2. The molecule has 0 radical (unpaired) electrons. The van der Waals surface area contributed by atoms with Gasteiger partial charge >= 0.3 is 0 Å². The molecule has 0 atom stereocenters. The lowest BCUT2D eigenvalue weighted by Crippen LogP contribution is -2.36. The minimum absolute atomic E-state index is 0.0264. The number of benzene rings is 2. The molecule has 0 aromatic heterocycles. The highest BCUT2D eigenvalue weighted by atomic mass is 35.5. The molecular formula is C28H27ClN2O5. The predicted molar refractivity (Wildman–Crippen MR) is 136 cm³/mol. The molecule has 2 aromatic carbocycles. The molecule has 186 valence electrons. The fraction of sp³-hybridized carbons (Fsp3) is 0.321. The van der Waals surface area contributed by atoms with E-state index in [2.05, 4.69) is 10.6 Å². The largest absolute Gasteiger partial charge is 0.495 e. The Kier molecular flexibility index (Phi) is 6.83. The SMILES string of the molecule is COc1ccccc1NC(=O)COc1ccc(Cl)cc1C1C2=C(CCCC2=O)NC2=C1C(=O)CCC2. The predicted octanol–water partition coefficient (Wildman–Crippen LogP) is 5.07. The lowest BCUT2D eigenvalue weighted by molar-refractivity contribution is -0.119. The van der Waals surface area contributed by atoms with E-state index in [0.717, 1.165) is 37.1 Å². The van der Waals surface area contributed by atoms with E-state index in [1.807, 2.05) is 6.07 Å². The van der Waals surface area contributed by atoms with Gasteiger partial charge < -0.3 is 20.1 Å². The van der Waals surface area contributed by atoms with Crippen molar-refractivity contribution in [2.24, 2.45) is 0 Å². The highest BCUT2D eigenvalue weighted by Gasteiger charge is 2.41. The highest BCUT2D eigenvalue weighted by Crippen LogP contribution is 2.48. The molecule has 0 fully saturated rings. The zero-order chi connectivity index (χ0) is 25.2. The first kappa shape index (κ1) is 24.1. The van der Waals surface area contributed by atoms with Gasteiger partial charge in [-0.25, -0.2) is 0 Å². The van der Waals surface area contributed by atoms with Crippen molar-refractivity contribution in [3.8, 4) is 11.5 Å². The van der Waals surface area contributed by atoms with Gasteiger partial charge in [-0.15, -0.1) is 0 Å². The Bertz CT molecular complexity index is 1270. The van der Waals surface area contributed by atoms with Crippen molar-refractivity contribution in [1.29, 1.82) is 0 Å². The Morgan fingerprint density at radius 1 is 0.972 bits per heavy atom. The van der Waals surface area contributed by atoms with E-state index in [1.54, 1.807) is 36.4 Å². The van der Waals surface area contributed by atoms with E-state index in [4.69, 9.17) is 21.1 Å². The summed E-state index contributed by atoms with van der Waals surface area (Å²) < 4.78 is 11.3. The molecule has 1 heterocycles. The van der Waals surface area contributed by atoms with Crippen LogP contribution in [0.5, 0.6) is 11.5 Å².